The third-order valence-corrected chi connectivity index (χ3v) is 6.55. The average Bonchev–Trinajstić information content (AvgIpc) is 3.45. The van der Waals surface area contributed by atoms with Gasteiger partial charge in [-0.25, -0.2) is 9.59 Å². The molecular formula is C26H23NO6. The molecule has 7 nitrogen and oxygen atoms in total. The van der Waals surface area contributed by atoms with Crippen LogP contribution in [0, 0.1) is 13.8 Å². The molecule has 1 atom stereocenters. The lowest BCUT2D eigenvalue weighted by molar-refractivity contribution is -0.148. The summed E-state index contributed by atoms with van der Waals surface area (Å²) in [5.41, 5.74) is 4.12. The molecule has 0 aliphatic carbocycles. The van der Waals surface area contributed by atoms with Crippen LogP contribution in [0.2, 0.25) is 0 Å². The summed E-state index contributed by atoms with van der Waals surface area (Å²) in [6.45, 7) is 4.09. The number of hydrogen-bond acceptors (Lipinski definition) is 5. The third kappa shape index (κ3) is 3.40. The SMILES string of the molecule is Cc1cc2oc(=O)c(CC(=O)N3CCCC3C(=O)O)c(C)c2c2occ(-c3ccccc3)c12. The fourth-order valence-electron chi connectivity index (χ4n) is 4.90. The Bertz CT molecular complexity index is 1460. The van der Waals surface area contributed by atoms with Crippen LogP contribution in [0.3, 0.4) is 0 Å². The first-order chi connectivity index (χ1) is 15.9. The van der Waals surface area contributed by atoms with Gasteiger partial charge in [-0.15, -0.1) is 0 Å². The molecule has 1 aliphatic heterocycles. The van der Waals surface area contributed by atoms with Crippen LogP contribution in [-0.2, 0) is 16.0 Å². The van der Waals surface area contributed by atoms with Crippen LogP contribution in [-0.4, -0.2) is 34.5 Å². The van der Waals surface area contributed by atoms with Crippen molar-refractivity contribution in [2.75, 3.05) is 6.54 Å². The van der Waals surface area contributed by atoms with E-state index in [1.165, 1.54) is 4.90 Å². The number of rotatable bonds is 4. The van der Waals surface area contributed by atoms with Crippen molar-refractivity contribution < 1.29 is 23.5 Å². The molecule has 1 amide bonds. The second-order valence-electron chi connectivity index (χ2n) is 8.54. The van der Waals surface area contributed by atoms with Gasteiger partial charge in [-0.2, -0.15) is 0 Å². The highest BCUT2D eigenvalue weighted by Gasteiger charge is 2.34. The Morgan fingerprint density at radius 3 is 2.64 bits per heavy atom. The highest BCUT2D eigenvalue weighted by molar-refractivity contribution is 6.11. The number of hydrogen-bond donors (Lipinski definition) is 1. The van der Waals surface area contributed by atoms with Crippen molar-refractivity contribution in [3.8, 4) is 11.1 Å². The summed E-state index contributed by atoms with van der Waals surface area (Å²) < 4.78 is 11.6. The van der Waals surface area contributed by atoms with E-state index < -0.39 is 17.6 Å². The van der Waals surface area contributed by atoms with Gasteiger partial charge in [-0.05, 0) is 49.4 Å². The molecule has 0 bridgehead atoms. The van der Waals surface area contributed by atoms with Crippen LogP contribution < -0.4 is 5.63 Å². The zero-order valence-corrected chi connectivity index (χ0v) is 18.4. The summed E-state index contributed by atoms with van der Waals surface area (Å²) in [5, 5.41) is 11.0. The number of benzene rings is 2. The lowest BCUT2D eigenvalue weighted by Gasteiger charge is -2.21. The number of aryl methyl sites for hydroxylation is 2. The zero-order valence-electron chi connectivity index (χ0n) is 18.4. The van der Waals surface area contributed by atoms with E-state index in [-0.39, 0.29) is 17.9 Å². The summed E-state index contributed by atoms with van der Waals surface area (Å²) in [4.78, 5) is 38.6. The number of likely N-dealkylation sites (tertiary alicyclic amines) is 1. The molecule has 2 aromatic heterocycles. The summed E-state index contributed by atoms with van der Waals surface area (Å²) in [6, 6.07) is 10.8. The van der Waals surface area contributed by atoms with Gasteiger partial charge in [0.2, 0.25) is 5.91 Å². The maximum Gasteiger partial charge on any atom is 0.340 e. The van der Waals surface area contributed by atoms with E-state index in [2.05, 4.69) is 0 Å². The van der Waals surface area contributed by atoms with Crippen molar-refractivity contribution >= 4 is 33.8 Å². The number of carbonyl (C=O) groups excluding carboxylic acids is 1. The quantitative estimate of drug-likeness (QED) is 0.466. The maximum absolute atomic E-state index is 12.9. The lowest BCUT2D eigenvalue weighted by atomic mass is 9.96. The Kier molecular flexibility index (Phi) is 5.04. The Labute approximate surface area is 189 Å². The van der Waals surface area contributed by atoms with Crippen molar-refractivity contribution in [3.63, 3.8) is 0 Å². The van der Waals surface area contributed by atoms with Crippen molar-refractivity contribution in [1.29, 1.82) is 0 Å². The van der Waals surface area contributed by atoms with E-state index in [1.807, 2.05) is 43.3 Å². The van der Waals surface area contributed by atoms with Crippen molar-refractivity contribution in [1.82, 2.24) is 4.90 Å². The minimum Gasteiger partial charge on any atom is -0.480 e. The van der Waals surface area contributed by atoms with E-state index in [1.54, 1.807) is 13.2 Å². The molecular weight excluding hydrogens is 422 g/mol. The fraction of sp³-hybridized carbons (Fsp3) is 0.269. The van der Waals surface area contributed by atoms with Crippen molar-refractivity contribution in [2.45, 2.75) is 39.2 Å². The number of carboxylic acids is 1. The molecule has 168 valence electrons. The minimum atomic E-state index is -1.02. The van der Waals surface area contributed by atoms with Gasteiger partial charge in [0.1, 0.15) is 17.2 Å². The molecule has 1 unspecified atom stereocenters. The van der Waals surface area contributed by atoms with E-state index in [9.17, 15) is 19.5 Å². The molecule has 0 saturated carbocycles. The normalized spacial score (nSPS) is 16.1. The molecule has 0 radical (unpaired) electrons. The van der Waals surface area contributed by atoms with Crippen LogP contribution in [0.4, 0.5) is 0 Å². The number of aliphatic carboxylic acids is 1. The number of nitrogens with zero attached hydrogens (tertiary/aromatic N) is 1. The summed E-state index contributed by atoms with van der Waals surface area (Å²) in [6.07, 6.45) is 2.53. The van der Waals surface area contributed by atoms with Crippen molar-refractivity contribution in [2.24, 2.45) is 0 Å². The third-order valence-electron chi connectivity index (χ3n) is 6.55. The van der Waals surface area contributed by atoms with E-state index in [0.717, 1.165) is 22.1 Å². The fourth-order valence-corrected chi connectivity index (χ4v) is 4.90. The first kappa shape index (κ1) is 21.0. The number of fused-ring (bicyclic) bond motifs is 3. The standard InChI is InChI=1S/C26H23NO6/c1-14-11-20-23(24-22(14)18(13-32-24)16-7-4-3-5-8-16)15(2)17(26(31)33-20)12-21(28)27-10-6-9-19(27)25(29)30/h3-5,7-8,11,13,19H,6,9-10,12H2,1-2H3,(H,29,30). The Balaban J connectivity index is 1.64. The second-order valence-corrected chi connectivity index (χ2v) is 8.54. The molecule has 7 heteroatoms. The largest absolute Gasteiger partial charge is 0.480 e. The zero-order chi connectivity index (χ0) is 23.3. The van der Waals surface area contributed by atoms with Gasteiger partial charge in [-0.1, -0.05) is 30.3 Å². The molecule has 5 rings (SSSR count). The predicted molar refractivity (Wildman–Crippen MR) is 123 cm³/mol. The van der Waals surface area contributed by atoms with Gasteiger partial charge in [0.15, 0.2) is 0 Å². The summed E-state index contributed by atoms with van der Waals surface area (Å²) in [5.74, 6) is -1.41. The van der Waals surface area contributed by atoms with Crippen LogP contribution in [0.1, 0.15) is 29.5 Å². The Morgan fingerprint density at radius 1 is 1.15 bits per heavy atom. The smallest absolute Gasteiger partial charge is 0.340 e. The van der Waals surface area contributed by atoms with Crippen LogP contribution in [0.5, 0.6) is 0 Å². The van der Waals surface area contributed by atoms with Gasteiger partial charge < -0.3 is 18.8 Å². The van der Waals surface area contributed by atoms with Crippen LogP contribution in [0.15, 0.2) is 56.3 Å². The van der Waals surface area contributed by atoms with E-state index in [4.69, 9.17) is 8.83 Å². The molecule has 1 aliphatic rings. The number of furan rings is 1. The van der Waals surface area contributed by atoms with Crippen molar-refractivity contribution in [3.05, 3.63) is 69.8 Å². The molecule has 1 saturated heterocycles. The Hall–Kier alpha value is -3.87. The topological polar surface area (TPSA) is 101 Å². The molecule has 0 spiro atoms. The van der Waals surface area contributed by atoms with Gasteiger partial charge in [0, 0.05) is 17.5 Å². The monoisotopic (exact) mass is 445 g/mol. The molecule has 33 heavy (non-hydrogen) atoms. The molecule has 4 aromatic rings. The first-order valence-corrected chi connectivity index (χ1v) is 10.9. The molecule has 3 heterocycles. The summed E-state index contributed by atoms with van der Waals surface area (Å²) >= 11 is 0. The lowest BCUT2D eigenvalue weighted by Crippen LogP contribution is -2.41. The highest BCUT2D eigenvalue weighted by atomic mass is 16.4. The van der Waals surface area contributed by atoms with Gasteiger partial charge >= 0.3 is 11.6 Å². The molecule has 2 aromatic carbocycles. The highest BCUT2D eigenvalue weighted by Crippen LogP contribution is 2.38. The minimum absolute atomic E-state index is 0.213. The predicted octanol–water partition coefficient (Wildman–Crippen LogP) is 4.44. The van der Waals surface area contributed by atoms with E-state index >= 15 is 0 Å². The van der Waals surface area contributed by atoms with Gasteiger partial charge in [0.05, 0.1) is 23.6 Å². The first-order valence-electron chi connectivity index (χ1n) is 10.9. The number of carbonyl (C=O) groups is 2. The van der Waals surface area contributed by atoms with Gasteiger partial charge in [-0.3, -0.25) is 4.79 Å². The molecule has 1 N–H and O–H groups in total. The summed E-state index contributed by atoms with van der Waals surface area (Å²) in [7, 11) is 0. The van der Waals surface area contributed by atoms with E-state index in [0.29, 0.717) is 41.5 Å². The van der Waals surface area contributed by atoms with Crippen LogP contribution >= 0.6 is 0 Å². The van der Waals surface area contributed by atoms with Gasteiger partial charge in [0.25, 0.3) is 0 Å². The number of amides is 1. The number of carboxylic acid groups (broad SMARTS) is 1. The second kappa shape index (κ2) is 7.92. The van der Waals surface area contributed by atoms with Crippen LogP contribution in [0.25, 0.3) is 33.1 Å². The molecule has 1 fully saturated rings. The average molecular weight is 445 g/mol. The maximum atomic E-state index is 12.9. The Morgan fingerprint density at radius 2 is 1.91 bits per heavy atom.